The Bertz CT molecular complexity index is 1640. The molecule has 3 aromatic carbocycles. The molecule has 0 atom stereocenters. The summed E-state index contributed by atoms with van der Waals surface area (Å²) in [5.41, 5.74) is 2.72. The average Bonchev–Trinajstić information content (AvgIpc) is 3.25. The molecule has 1 aromatic heterocycles. The average molecular weight is 556 g/mol. The number of rotatable bonds is 7. The summed E-state index contributed by atoms with van der Waals surface area (Å²) in [6.45, 7) is 3.30. The number of sulfonamides is 1. The van der Waals surface area contributed by atoms with E-state index >= 15 is 0 Å². The van der Waals surface area contributed by atoms with E-state index in [4.69, 9.17) is 21.1 Å². The van der Waals surface area contributed by atoms with Crippen molar-refractivity contribution in [2.45, 2.75) is 18.4 Å². The van der Waals surface area contributed by atoms with Crippen LogP contribution < -0.4 is 5.32 Å². The Morgan fingerprint density at radius 2 is 1.74 bits per heavy atom. The number of ether oxygens (including phenoxy) is 2. The van der Waals surface area contributed by atoms with E-state index in [1.165, 1.54) is 22.5 Å². The number of hydrogen-bond acceptors (Lipinski definition) is 6. The summed E-state index contributed by atoms with van der Waals surface area (Å²) >= 11 is 6.16. The lowest BCUT2D eigenvalue weighted by Crippen LogP contribution is -2.40. The van der Waals surface area contributed by atoms with E-state index in [-0.39, 0.29) is 41.8 Å². The highest BCUT2D eigenvalue weighted by Crippen LogP contribution is 2.31. The van der Waals surface area contributed by atoms with Crippen LogP contribution in [0.3, 0.4) is 0 Å². The quantitative estimate of drug-likeness (QED) is 0.341. The monoisotopic (exact) mass is 555 g/mol. The zero-order chi connectivity index (χ0) is 26.9. The van der Waals surface area contributed by atoms with Crippen molar-refractivity contribution in [3.8, 4) is 0 Å². The van der Waals surface area contributed by atoms with Gasteiger partial charge in [0.2, 0.25) is 10.0 Å². The fourth-order valence-corrected chi connectivity index (χ4v) is 6.55. The Hall–Kier alpha value is -3.44. The number of aromatic nitrogens is 1. The molecule has 0 aliphatic carbocycles. The van der Waals surface area contributed by atoms with Crippen molar-refractivity contribution in [3.63, 3.8) is 0 Å². The normalized spacial score (nSPS) is 14.6. The van der Waals surface area contributed by atoms with Crippen molar-refractivity contribution in [2.75, 3.05) is 38.2 Å². The molecular weight excluding hydrogens is 530 g/mol. The van der Waals surface area contributed by atoms with Crippen molar-refractivity contribution >= 4 is 61.0 Å². The molecule has 2 heterocycles. The lowest BCUT2D eigenvalue weighted by Gasteiger charge is -2.26. The van der Waals surface area contributed by atoms with Crippen molar-refractivity contribution < 1.29 is 27.5 Å². The van der Waals surface area contributed by atoms with Crippen LogP contribution >= 0.6 is 11.6 Å². The van der Waals surface area contributed by atoms with Crippen molar-refractivity contribution in [1.29, 1.82) is 0 Å². The Morgan fingerprint density at radius 3 is 2.50 bits per heavy atom. The second kappa shape index (κ2) is 10.7. The van der Waals surface area contributed by atoms with Crippen LogP contribution in [0.4, 0.5) is 5.69 Å². The fraction of sp³-hybridized carbons (Fsp3) is 0.259. The largest absolute Gasteiger partial charge is 0.452 e. The van der Waals surface area contributed by atoms with Gasteiger partial charge in [0.15, 0.2) is 6.61 Å². The van der Waals surface area contributed by atoms with E-state index < -0.39 is 28.5 Å². The van der Waals surface area contributed by atoms with Crippen LogP contribution in [0, 0.1) is 0 Å². The summed E-state index contributed by atoms with van der Waals surface area (Å²) in [5, 5.41) is 4.84. The van der Waals surface area contributed by atoms with E-state index in [1.807, 2.05) is 30.3 Å². The maximum absolute atomic E-state index is 13.0. The van der Waals surface area contributed by atoms with Gasteiger partial charge in [0.1, 0.15) is 4.90 Å². The molecule has 0 spiro atoms. The number of benzene rings is 3. The number of anilines is 1. The number of halogens is 1. The van der Waals surface area contributed by atoms with Crippen LogP contribution in [0.15, 0.2) is 65.6 Å². The van der Waals surface area contributed by atoms with Gasteiger partial charge >= 0.3 is 5.97 Å². The van der Waals surface area contributed by atoms with E-state index in [0.717, 1.165) is 28.4 Å². The predicted octanol–water partition coefficient (Wildman–Crippen LogP) is 4.28. The van der Waals surface area contributed by atoms with Gasteiger partial charge in [0, 0.05) is 47.1 Å². The zero-order valence-electron chi connectivity index (χ0n) is 20.6. The SMILES string of the molecule is CCn1c2ccccc2c2cc(NC(=O)COC(=O)c3ccc(Cl)c(S(=O)(=O)N4CCOCC4)c3)ccc21. The number of hydrogen-bond donors (Lipinski definition) is 1. The standard InChI is InChI=1S/C27H26ClN3O6S/c1-2-31-23-6-4-3-5-20(23)21-16-19(8-10-24(21)31)29-26(32)17-37-27(33)18-7-9-22(28)25(15-18)38(34,35)30-11-13-36-14-12-30/h3-10,15-16H,2,11-14,17H2,1H3,(H,29,32). The summed E-state index contributed by atoms with van der Waals surface area (Å²) in [4.78, 5) is 25.0. The van der Waals surface area contributed by atoms with E-state index in [2.05, 4.69) is 22.9 Å². The molecule has 0 saturated carbocycles. The molecule has 1 amide bonds. The molecule has 5 rings (SSSR count). The summed E-state index contributed by atoms with van der Waals surface area (Å²) < 4.78 is 39.9. The summed E-state index contributed by atoms with van der Waals surface area (Å²) in [6, 6.07) is 17.6. The smallest absolute Gasteiger partial charge is 0.338 e. The third kappa shape index (κ3) is 5.00. The molecule has 4 aromatic rings. The van der Waals surface area contributed by atoms with Gasteiger partial charge in [0.05, 0.1) is 23.8 Å². The molecule has 9 nitrogen and oxygen atoms in total. The van der Waals surface area contributed by atoms with Crippen LogP contribution in [-0.2, 0) is 30.8 Å². The number of aryl methyl sites for hydroxylation is 1. The van der Waals surface area contributed by atoms with Crippen LogP contribution in [0.5, 0.6) is 0 Å². The second-order valence-corrected chi connectivity index (χ2v) is 11.1. The molecule has 11 heteroatoms. The minimum Gasteiger partial charge on any atom is -0.452 e. The number of nitrogens with one attached hydrogen (secondary N) is 1. The first-order chi connectivity index (χ1) is 18.3. The third-order valence-corrected chi connectivity index (χ3v) is 8.84. The number of esters is 1. The first kappa shape index (κ1) is 26.2. The van der Waals surface area contributed by atoms with Crippen LogP contribution in [0.1, 0.15) is 17.3 Å². The first-order valence-electron chi connectivity index (χ1n) is 12.1. The van der Waals surface area contributed by atoms with E-state index in [9.17, 15) is 18.0 Å². The molecule has 1 N–H and O–H groups in total. The molecule has 198 valence electrons. The maximum Gasteiger partial charge on any atom is 0.338 e. The number of para-hydroxylation sites is 1. The van der Waals surface area contributed by atoms with Gasteiger partial charge in [-0.05, 0) is 49.4 Å². The Labute approximate surface area is 224 Å². The van der Waals surface area contributed by atoms with Gasteiger partial charge in [-0.1, -0.05) is 29.8 Å². The summed E-state index contributed by atoms with van der Waals surface area (Å²) in [6.07, 6.45) is 0. The van der Waals surface area contributed by atoms with E-state index in [1.54, 1.807) is 6.07 Å². The van der Waals surface area contributed by atoms with Crippen molar-refractivity contribution in [2.24, 2.45) is 0 Å². The molecular formula is C27H26ClN3O6S. The molecule has 1 aliphatic heterocycles. The minimum absolute atomic E-state index is 0.00870. The fourth-order valence-electron chi connectivity index (χ4n) is 4.64. The lowest BCUT2D eigenvalue weighted by molar-refractivity contribution is -0.119. The van der Waals surface area contributed by atoms with Crippen LogP contribution in [0.25, 0.3) is 21.8 Å². The number of carbonyl (C=O) groups is 2. The molecule has 38 heavy (non-hydrogen) atoms. The maximum atomic E-state index is 13.0. The van der Waals surface area contributed by atoms with Gasteiger partial charge < -0.3 is 19.4 Å². The highest BCUT2D eigenvalue weighted by Gasteiger charge is 2.29. The third-order valence-electron chi connectivity index (χ3n) is 6.46. The number of fused-ring (bicyclic) bond motifs is 3. The number of nitrogens with zero attached hydrogens (tertiary/aromatic N) is 2. The molecule has 0 unspecified atom stereocenters. The topological polar surface area (TPSA) is 107 Å². The number of morpholine rings is 1. The highest BCUT2D eigenvalue weighted by atomic mass is 35.5. The first-order valence-corrected chi connectivity index (χ1v) is 14.0. The number of amides is 1. The Morgan fingerprint density at radius 1 is 1.00 bits per heavy atom. The van der Waals surface area contributed by atoms with E-state index in [0.29, 0.717) is 5.69 Å². The van der Waals surface area contributed by atoms with Gasteiger partial charge in [-0.2, -0.15) is 4.31 Å². The van der Waals surface area contributed by atoms with Crippen LogP contribution in [0.2, 0.25) is 5.02 Å². The Kier molecular flexibility index (Phi) is 7.40. The Balaban J connectivity index is 1.28. The van der Waals surface area contributed by atoms with Gasteiger partial charge in [-0.15, -0.1) is 0 Å². The summed E-state index contributed by atoms with van der Waals surface area (Å²) in [7, 11) is -3.92. The predicted molar refractivity (Wildman–Crippen MR) is 145 cm³/mol. The van der Waals surface area contributed by atoms with Crippen LogP contribution in [-0.4, -0.2) is 62.1 Å². The van der Waals surface area contributed by atoms with Gasteiger partial charge in [-0.3, -0.25) is 4.79 Å². The second-order valence-electron chi connectivity index (χ2n) is 8.78. The van der Waals surface area contributed by atoms with Crippen molar-refractivity contribution in [3.05, 3.63) is 71.2 Å². The van der Waals surface area contributed by atoms with Gasteiger partial charge in [0.25, 0.3) is 5.91 Å². The number of carbonyl (C=O) groups excluding carboxylic acids is 2. The summed E-state index contributed by atoms with van der Waals surface area (Å²) in [5.74, 6) is -1.36. The molecule has 0 bridgehead atoms. The van der Waals surface area contributed by atoms with Crippen molar-refractivity contribution in [1.82, 2.24) is 8.87 Å². The molecule has 1 aliphatic rings. The minimum atomic E-state index is -3.92. The molecule has 0 radical (unpaired) electrons. The van der Waals surface area contributed by atoms with Gasteiger partial charge in [-0.25, -0.2) is 13.2 Å². The lowest BCUT2D eigenvalue weighted by atomic mass is 10.1. The molecule has 1 saturated heterocycles. The molecule has 1 fully saturated rings. The zero-order valence-corrected chi connectivity index (χ0v) is 22.2. The highest BCUT2D eigenvalue weighted by molar-refractivity contribution is 7.89.